The van der Waals surface area contributed by atoms with Crippen molar-refractivity contribution in [3.05, 3.63) is 71.3 Å². The first-order chi connectivity index (χ1) is 15.4. The summed E-state index contributed by atoms with van der Waals surface area (Å²) < 4.78 is 0. The molecule has 0 aromatic heterocycles. The lowest BCUT2D eigenvalue weighted by Crippen LogP contribution is -2.49. The predicted octanol–water partition coefficient (Wildman–Crippen LogP) is 3.69. The Hall–Kier alpha value is -2.86. The van der Waals surface area contributed by atoms with E-state index in [9.17, 15) is 9.59 Å². The molecular formula is C26H36N4O2. The lowest BCUT2D eigenvalue weighted by molar-refractivity contribution is -0.132. The van der Waals surface area contributed by atoms with Crippen LogP contribution in [0.5, 0.6) is 0 Å². The number of hydrogen-bond acceptors (Lipinski definition) is 3. The van der Waals surface area contributed by atoms with Crippen molar-refractivity contribution in [3.63, 3.8) is 0 Å². The fraction of sp³-hybridized carbons (Fsp3) is 0.462. The van der Waals surface area contributed by atoms with E-state index in [0.717, 1.165) is 38.3 Å². The second kappa shape index (κ2) is 11.7. The molecule has 3 amide bonds. The van der Waals surface area contributed by atoms with E-state index in [0.29, 0.717) is 25.4 Å². The van der Waals surface area contributed by atoms with Crippen LogP contribution in [0.3, 0.4) is 0 Å². The molecule has 0 atom stereocenters. The van der Waals surface area contributed by atoms with Crippen LogP contribution in [0.2, 0.25) is 0 Å². The number of carbonyl (C=O) groups excluding carboxylic acids is 2. The van der Waals surface area contributed by atoms with Gasteiger partial charge < -0.3 is 15.1 Å². The van der Waals surface area contributed by atoms with E-state index in [2.05, 4.69) is 48.3 Å². The van der Waals surface area contributed by atoms with Crippen molar-refractivity contribution < 1.29 is 9.59 Å². The van der Waals surface area contributed by atoms with Gasteiger partial charge in [-0.25, -0.2) is 4.79 Å². The molecule has 0 spiro atoms. The van der Waals surface area contributed by atoms with E-state index in [1.807, 2.05) is 35.2 Å². The first-order valence-corrected chi connectivity index (χ1v) is 11.5. The molecule has 2 aromatic carbocycles. The van der Waals surface area contributed by atoms with Crippen molar-refractivity contribution in [3.8, 4) is 0 Å². The second-order valence-electron chi connectivity index (χ2n) is 8.88. The number of urea groups is 1. The van der Waals surface area contributed by atoms with E-state index < -0.39 is 0 Å². The SMILES string of the molecule is CC(C)c1ccc(CN2CCN(C(=O)CCNC(=O)N(C)Cc3ccccc3)CC2)cc1. The van der Waals surface area contributed by atoms with Crippen LogP contribution in [-0.4, -0.2) is 66.4 Å². The monoisotopic (exact) mass is 436 g/mol. The molecule has 32 heavy (non-hydrogen) atoms. The lowest BCUT2D eigenvalue weighted by atomic mass is 10.0. The highest BCUT2D eigenvalue weighted by molar-refractivity contribution is 5.78. The van der Waals surface area contributed by atoms with Gasteiger partial charge in [0, 0.05) is 59.3 Å². The van der Waals surface area contributed by atoms with Crippen molar-refractivity contribution in [2.45, 2.75) is 39.3 Å². The molecule has 2 aromatic rings. The third kappa shape index (κ3) is 7.09. The molecule has 6 nitrogen and oxygen atoms in total. The van der Waals surface area contributed by atoms with Crippen molar-refractivity contribution in [1.29, 1.82) is 0 Å². The van der Waals surface area contributed by atoms with Crippen LogP contribution in [0.1, 0.15) is 42.9 Å². The van der Waals surface area contributed by atoms with Gasteiger partial charge in [0.2, 0.25) is 5.91 Å². The molecule has 0 bridgehead atoms. The fourth-order valence-corrected chi connectivity index (χ4v) is 3.92. The maximum atomic E-state index is 12.5. The van der Waals surface area contributed by atoms with Gasteiger partial charge in [-0.1, -0.05) is 68.4 Å². The molecule has 1 aliphatic rings. The van der Waals surface area contributed by atoms with Gasteiger partial charge >= 0.3 is 6.03 Å². The van der Waals surface area contributed by atoms with E-state index in [4.69, 9.17) is 0 Å². The molecule has 1 heterocycles. The van der Waals surface area contributed by atoms with Gasteiger partial charge in [-0.2, -0.15) is 0 Å². The van der Waals surface area contributed by atoms with Crippen molar-refractivity contribution >= 4 is 11.9 Å². The summed E-state index contributed by atoms with van der Waals surface area (Å²) in [5, 5.41) is 2.86. The number of hydrogen-bond donors (Lipinski definition) is 1. The van der Waals surface area contributed by atoms with E-state index in [1.165, 1.54) is 11.1 Å². The smallest absolute Gasteiger partial charge is 0.317 e. The number of amides is 3. The zero-order valence-electron chi connectivity index (χ0n) is 19.6. The molecule has 1 saturated heterocycles. The Morgan fingerprint density at radius 2 is 1.59 bits per heavy atom. The minimum absolute atomic E-state index is 0.108. The number of carbonyl (C=O) groups is 2. The molecule has 0 unspecified atom stereocenters. The highest BCUT2D eigenvalue weighted by Gasteiger charge is 2.21. The minimum Gasteiger partial charge on any atom is -0.340 e. The second-order valence-corrected chi connectivity index (χ2v) is 8.88. The number of nitrogens with one attached hydrogen (secondary N) is 1. The maximum absolute atomic E-state index is 12.5. The van der Waals surface area contributed by atoms with Gasteiger partial charge in [-0.15, -0.1) is 0 Å². The Balaban J connectivity index is 1.34. The minimum atomic E-state index is -0.157. The van der Waals surface area contributed by atoms with Gasteiger partial charge in [0.15, 0.2) is 0 Å². The summed E-state index contributed by atoms with van der Waals surface area (Å²) in [5.74, 6) is 0.657. The fourth-order valence-electron chi connectivity index (χ4n) is 3.92. The highest BCUT2D eigenvalue weighted by atomic mass is 16.2. The Bertz CT molecular complexity index is 859. The quantitative estimate of drug-likeness (QED) is 0.687. The maximum Gasteiger partial charge on any atom is 0.317 e. The predicted molar refractivity (Wildman–Crippen MR) is 128 cm³/mol. The van der Waals surface area contributed by atoms with E-state index in [1.54, 1.807) is 11.9 Å². The van der Waals surface area contributed by atoms with Gasteiger partial charge in [-0.3, -0.25) is 9.69 Å². The molecule has 1 aliphatic heterocycles. The summed E-state index contributed by atoms with van der Waals surface area (Å²) in [5.41, 5.74) is 3.76. The van der Waals surface area contributed by atoms with Crippen molar-refractivity contribution in [1.82, 2.24) is 20.0 Å². The zero-order valence-corrected chi connectivity index (χ0v) is 19.6. The average Bonchev–Trinajstić information content (AvgIpc) is 2.80. The van der Waals surface area contributed by atoms with Gasteiger partial charge in [-0.05, 0) is 22.6 Å². The van der Waals surface area contributed by atoms with Crippen LogP contribution in [0.25, 0.3) is 0 Å². The molecule has 1 N–H and O–H groups in total. The highest BCUT2D eigenvalue weighted by Crippen LogP contribution is 2.16. The van der Waals surface area contributed by atoms with Crippen LogP contribution in [0.15, 0.2) is 54.6 Å². The van der Waals surface area contributed by atoms with Crippen LogP contribution in [0, 0.1) is 0 Å². The Morgan fingerprint density at radius 3 is 2.22 bits per heavy atom. The number of benzene rings is 2. The number of piperazine rings is 1. The zero-order chi connectivity index (χ0) is 22.9. The van der Waals surface area contributed by atoms with E-state index >= 15 is 0 Å². The average molecular weight is 437 g/mol. The molecular weight excluding hydrogens is 400 g/mol. The van der Waals surface area contributed by atoms with Crippen LogP contribution < -0.4 is 5.32 Å². The summed E-state index contributed by atoms with van der Waals surface area (Å²) in [7, 11) is 1.76. The molecule has 1 fully saturated rings. The topological polar surface area (TPSA) is 55.9 Å². The normalized spacial score (nSPS) is 14.4. The first kappa shape index (κ1) is 23.8. The molecule has 0 aliphatic carbocycles. The largest absolute Gasteiger partial charge is 0.340 e. The van der Waals surface area contributed by atoms with Gasteiger partial charge in [0.25, 0.3) is 0 Å². The summed E-state index contributed by atoms with van der Waals surface area (Å²) in [6.45, 7) is 9.48. The van der Waals surface area contributed by atoms with Gasteiger partial charge in [0.1, 0.15) is 0 Å². The van der Waals surface area contributed by atoms with Crippen molar-refractivity contribution in [2.24, 2.45) is 0 Å². The van der Waals surface area contributed by atoms with Crippen molar-refractivity contribution in [2.75, 3.05) is 39.8 Å². The van der Waals surface area contributed by atoms with E-state index in [-0.39, 0.29) is 11.9 Å². The summed E-state index contributed by atoms with van der Waals surface area (Å²) in [6, 6.07) is 18.6. The molecule has 3 rings (SSSR count). The van der Waals surface area contributed by atoms with Crippen LogP contribution >= 0.6 is 0 Å². The lowest BCUT2D eigenvalue weighted by Gasteiger charge is -2.35. The van der Waals surface area contributed by atoms with Gasteiger partial charge in [0.05, 0.1) is 0 Å². The molecule has 0 saturated carbocycles. The third-order valence-corrected chi connectivity index (χ3v) is 6.00. The first-order valence-electron chi connectivity index (χ1n) is 11.5. The Kier molecular flexibility index (Phi) is 8.68. The molecule has 0 radical (unpaired) electrons. The van der Waals surface area contributed by atoms with Crippen LogP contribution in [-0.2, 0) is 17.9 Å². The molecule has 6 heteroatoms. The van der Waals surface area contributed by atoms with Crippen LogP contribution in [0.4, 0.5) is 4.79 Å². The number of rotatable bonds is 8. The summed E-state index contributed by atoms with van der Waals surface area (Å²) in [6.07, 6.45) is 0.335. The summed E-state index contributed by atoms with van der Waals surface area (Å²) >= 11 is 0. The third-order valence-electron chi connectivity index (χ3n) is 6.00. The Morgan fingerprint density at radius 1 is 0.938 bits per heavy atom. The standard InChI is InChI=1S/C26H36N4O2/c1-21(2)24-11-9-23(10-12-24)20-29-15-17-30(18-16-29)25(31)13-14-27-26(32)28(3)19-22-7-5-4-6-8-22/h4-12,21H,13-20H2,1-3H3,(H,27,32). The molecule has 172 valence electrons. The summed E-state index contributed by atoms with van der Waals surface area (Å²) in [4.78, 5) is 30.8. The Labute approximate surface area is 192 Å². The number of nitrogens with zero attached hydrogens (tertiary/aromatic N) is 3.